The Hall–Kier alpha value is -3.65. The van der Waals surface area contributed by atoms with Gasteiger partial charge in [0.15, 0.2) is 5.82 Å². The zero-order valence-electron chi connectivity index (χ0n) is 18.1. The molecule has 1 atom stereocenters. The molecule has 0 aliphatic carbocycles. The molecule has 3 aromatic carbocycles. The summed E-state index contributed by atoms with van der Waals surface area (Å²) in [6, 6.07) is 23.0. The molecule has 33 heavy (non-hydrogen) atoms. The number of aromatic nitrogens is 4. The van der Waals surface area contributed by atoms with Crippen molar-refractivity contribution in [3.63, 3.8) is 0 Å². The van der Waals surface area contributed by atoms with E-state index in [9.17, 15) is 8.78 Å². The van der Waals surface area contributed by atoms with Crippen molar-refractivity contribution in [2.75, 3.05) is 31.1 Å². The number of halogens is 2. The van der Waals surface area contributed by atoms with Gasteiger partial charge in [0.05, 0.1) is 12.6 Å². The number of anilines is 1. The number of hydrogen-bond acceptors (Lipinski definition) is 5. The van der Waals surface area contributed by atoms with Crippen molar-refractivity contribution in [1.29, 1.82) is 0 Å². The van der Waals surface area contributed by atoms with E-state index in [1.807, 2.05) is 47.1 Å². The van der Waals surface area contributed by atoms with Gasteiger partial charge in [-0.3, -0.25) is 4.90 Å². The van der Waals surface area contributed by atoms with E-state index in [-0.39, 0.29) is 17.7 Å². The van der Waals surface area contributed by atoms with Gasteiger partial charge in [0.1, 0.15) is 11.6 Å². The quantitative estimate of drug-likeness (QED) is 0.450. The maximum absolute atomic E-state index is 13.7. The summed E-state index contributed by atoms with van der Waals surface area (Å²) in [6.07, 6.45) is 0. The highest BCUT2D eigenvalue weighted by Crippen LogP contribution is 2.29. The third kappa shape index (κ3) is 4.75. The van der Waals surface area contributed by atoms with Crippen LogP contribution in [0.3, 0.4) is 0 Å². The third-order valence-corrected chi connectivity index (χ3v) is 6.04. The van der Waals surface area contributed by atoms with Gasteiger partial charge in [-0.2, -0.15) is 0 Å². The second-order valence-corrected chi connectivity index (χ2v) is 8.13. The van der Waals surface area contributed by atoms with Crippen LogP contribution in [0.4, 0.5) is 14.5 Å². The predicted molar refractivity (Wildman–Crippen MR) is 122 cm³/mol. The topological polar surface area (TPSA) is 50.1 Å². The fourth-order valence-corrected chi connectivity index (χ4v) is 4.33. The fraction of sp³-hybridized carbons (Fsp3) is 0.240. The Kier molecular flexibility index (Phi) is 6.08. The molecule has 1 aromatic heterocycles. The summed E-state index contributed by atoms with van der Waals surface area (Å²) >= 11 is 0. The Morgan fingerprint density at radius 3 is 2.06 bits per heavy atom. The lowest BCUT2D eigenvalue weighted by Crippen LogP contribution is -2.48. The molecule has 0 spiro atoms. The highest BCUT2D eigenvalue weighted by Gasteiger charge is 2.30. The molecule has 0 unspecified atom stereocenters. The van der Waals surface area contributed by atoms with Gasteiger partial charge in [0.2, 0.25) is 0 Å². The molecule has 1 aliphatic heterocycles. The highest BCUT2D eigenvalue weighted by molar-refractivity contribution is 5.46. The summed E-state index contributed by atoms with van der Waals surface area (Å²) in [4.78, 5) is 4.56. The maximum Gasteiger partial charge on any atom is 0.173 e. The molecule has 0 radical (unpaired) electrons. The van der Waals surface area contributed by atoms with Gasteiger partial charge in [-0.15, -0.1) is 5.10 Å². The largest absolute Gasteiger partial charge is 0.369 e. The minimum atomic E-state index is -0.275. The number of hydrogen-bond donors (Lipinski definition) is 0. The molecule has 1 fully saturated rings. The minimum Gasteiger partial charge on any atom is -0.369 e. The van der Waals surface area contributed by atoms with Crippen molar-refractivity contribution >= 4 is 5.69 Å². The van der Waals surface area contributed by atoms with Crippen molar-refractivity contribution in [2.24, 2.45) is 0 Å². The van der Waals surface area contributed by atoms with Crippen LogP contribution in [0.2, 0.25) is 0 Å². The molecule has 0 amide bonds. The molecule has 168 valence electrons. The van der Waals surface area contributed by atoms with Gasteiger partial charge >= 0.3 is 0 Å². The van der Waals surface area contributed by atoms with Crippen LogP contribution in [0.15, 0.2) is 78.9 Å². The highest BCUT2D eigenvalue weighted by atomic mass is 19.1. The molecule has 0 bridgehead atoms. The standard InChI is InChI=1S/C25H24F2N6/c26-21-8-6-20(7-9-21)24(25-28-29-30-33(25)18-19-4-2-1-3-5-19)32-16-14-31(15-17-32)23-12-10-22(27)11-13-23/h1-13,24H,14-18H2/t24-/m0/s1. The van der Waals surface area contributed by atoms with Crippen LogP contribution in [0.5, 0.6) is 0 Å². The number of nitrogens with zero attached hydrogens (tertiary/aromatic N) is 6. The summed E-state index contributed by atoms with van der Waals surface area (Å²) in [5.41, 5.74) is 3.05. The van der Waals surface area contributed by atoms with E-state index in [0.29, 0.717) is 6.54 Å². The van der Waals surface area contributed by atoms with Crippen LogP contribution in [0, 0.1) is 11.6 Å². The Balaban J connectivity index is 1.41. The minimum absolute atomic E-state index is 0.209. The van der Waals surface area contributed by atoms with Crippen LogP contribution in [-0.4, -0.2) is 51.3 Å². The number of benzene rings is 3. The average Bonchev–Trinajstić information content (AvgIpc) is 3.30. The smallest absolute Gasteiger partial charge is 0.173 e. The lowest BCUT2D eigenvalue weighted by Gasteiger charge is -2.40. The first-order valence-corrected chi connectivity index (χ1v) is 11.0. The summed E-state index contributed by atoms with van der Waals surface area (Å²) in [7, 11) is 0. The monoisotopic (exact) mass is 446 g/mol. The van der Waals surface area contributed by atoms with E-state index < -0.39 is 0 Å². The van der Waals surface area contributed by atoms with E-state index in [1.54, 1.807) is 12.1 Å². The summed E-state index contributed by atoms with van der Waals surface area (Å²) in [6.45, 7) is 3.64. The van der Waals surface area contributed by atoms with Gasteiger partial charge < -0.3 is 4.90 Å². The van der Waals surface area contributed by atoms with E-state index in [1.165, 1.54) is 24.3 Å². The van der Waals surface area contributed by atoms with Gasteiger partial charge in [-0.1, -0.05) is 42.5 Å². The van der Waals surface area contributed by atoms with E-state index in [2.05, 4.69) is 25.3 Å². The van der Waals surface area contributed by atoms with Crippen molar-refractivity contribution in [3.05, 3.63) is 107 Å². The third-order valence-electron chi connectivity index (χ3n) is 6.04. The van der Waals surface area contributed by atoms with Gasteiger partial charge in [0, 0.05) is 31.9 Å². The summed E-state index contributed by atoms with van der Waals surface area (Å²) in [5, 5.41) is 12.6. The molecule has 1 saturated heterocycles. The van der Waals surface area contributed by atoms with Crippen molar-refractivity contribution in [1.82, 2.24) is 25.1 Å². The molecular formula is C25H24F2N6. The molecule has 1 aliphatic rings. The van der Waals surface area contributed by atoms with Gasteiger partial charge in [-0.05, 0) is 58.0 Å². The Morgan fingerprint density at radius 1 is 0.758 bits per heavy atom. The molecule has 5 rings (SSSR count). The van der Waals surface area contributed by atoms with Crippen LogP contribution < -0.4 is 4.90 Å². The van der Waals surface area contributed by atoms with Crippen LogP contribution in [-0.2, 0) is 6.54 Å². The molecule has 4 aromatic rings. The van der Waals surface area contributed by atoms with Gasteiger partial charge in [0.25, 0.3) is 0 Å². The Morgan fingerprint density at radius 2 is 1.39 bits per heavy atom. The van der Waals surface area contributed by atoms with E-state index in [4.69, 9.17) is 0 Å². The second kappa shape index (κ2) is 9.46. The zero-order chi connectivity index (χ0) is 22.6. The Labute approximate surface area is 191 Å². The summed E-state index contributed by atoms with van der Waals surface area (Å²) in [5.74, 6) is 0.210. The second-order valence-electron chi connectivity index (χ2n) is 8.13. The average molecular weight is 447 g/mol. The van der Waals surface area contributed by atoms with Crippen LogP contribution in [0.25, 0.3) is 0 Å². The number of piperazine rings is 1. The van der Waals surface area contributed by atoms with E-state index >= 15 is 0 Å². The Bertz CT molecular complexity index is 1170. The first kappa shape index (κ1) is 21.2. The number of rotatable bonds is 6. The van der Waals surface area contributed by atoms with Gasteiger partial charge in [-0.25, -0.2) is 13.5 Å². The molecule has 0 N–H and O–H groups in total. The summed E-state index contributed by atoms with van der Waals surface area (Å²) < 4.78 is 28.8. The van der Waals surface area contributed by atoms with Crippen molar-refractivity contribution < 1.29 is 8.78 Å². The van der Waals surface area contributed by atoms with Crippen LogP contribution in [0.1, 0.15) is 23.0 Å². The lowest BCUT2D eigenvalue weighted by atomic mass is 10.0. The first-order chi connectivity index (χ1) is 16.2. The molecular weight excluding hydrogens is 422 g/mol. The first-order valence-electron chi connectivity index (χ1n) is 11.0. The normalized spacial score (nSPS) is 15.5. The molecule has 6 nitrogen and oxygen atoms in total. The van der Waals surface area contributed by atoms with Crippen molar-refractivity contribution in [3.8, 4) is 0 Å². The lowest BCUT2D eigenvalue weighted by molar-refractivity contribution is 0.201. The van der Waals surface area contributed by atoms with Crippen molar-refractivity contribution in [2.45, 2.75) is 12.6 Å². The maximum atomic E-state index is 13.7. The SMILES string of the molecule is Fc1ccc([C@@H](c2nnnn2Cc2ccccc2)N2CCN(c3ccc(F)cc3)CC2)cc1. The van der Waals surface area contributed by atoms with Crippen LogP contribution >= 0.6 is 0 Å². The van der Waals surface area contributed by atoms with E-state index in [0.717, 1.165) is 48.8 Å². The zero-order valence-corrected chi connectivity index (χ0v) is 18.1. The molecule has 0 saturated carbocycles. The molecule has 8 heteroatoms. The predicted octanol–water partition coefficient (Wildman–Crippen LogP) is 3.91. The number of tetrazole rings is 1. The molecule has 2 heterocycles. The fourth-order valence-electron chi connectivity index (χ4n) is 4.33.